The van der Waals surface area contributed by atoms with Crippen LogP contribution in [0.5, 0.6) is 0 Å². The van der Waals surface area contributed by atoms with Crippen molar-refractivity contribution < 1.29 is 4.79 Å². The molecule has 4 heteroatoms. The summed E-state index contributed by atoms with van der Waals surface area (Å²) in [7, 11) is 0. The highest BCUT2D eigenvalue weighted by atomic mass is 79.9. The van der Waals surface area contributed by atoms with Crippen molar-refractivity contribution in [3.63, 3.8) is 0 Å². The zero-order valence-electron chi connectivity index (χ0n) is 11.2. The lowest BCUT2D eigenvalue weighted by Crippen LogP contribution is -2.41. The first-order valence-corrected chi connectivity index (χ1v) is 7.73. The molecule has 0 radical (unpaired) electrons. The molecule has 1 aromatic carbocycles. The molecule has 0 aliphatic carbocycles. The molecule has 19 heavy (non-hydrogen) atoms. The Morgan fingerprint density at radius 2 is 2.26 bits per heavy atom. The highest BCUT2D eigenvalue weighted by molar-refractivity contribution is 9.10. The predicted molar refractivity (Wildman–Crippen MR) is 79.3 cm³/mol. The molecule has 2 unspecified atom stereocenters. The third kappa shape index (κ3) is 2.56. The lowest BCUT2D eigenvalue weighted by molar-refractivity contribution is 0.0784. The number of likely N-dealkylation sites (tertiary alicyclic amines) is 1. The van der Waals surface area contributed by atoms with Crippen molar-refractivity contribution in [2.24, 2.45) is 5.92 Å². The lowest BCUT2D eigenvalue weighted by Gasteiger charge is -2.24. The van der Waals surface area contributed by atoms with Crippen LogP contribution in [0.1, 0.15) is 28.8 Å². The second-order valence-corrected chi connectivity index (χ2v) is 6.51. The minimum absolute atomic E-state index is 0.159. The molecule has 2 aliphatic rings. The van der Waals surface area contributed by atoms with Crippen molar-refractivity contribution in [3.05, 3.63) is 33.8 Å². The van der Waals surface area contributed by atoms with E-state index in [0.29, 0.717) is 12.0 Å². The number of benzene rings is 1. The molecule has 102 valence electrons. The number of nitrogens with zero attached hydrogens (tertiary/aromatic N) is 1. The van der Waals surface area contributed by atoms with Crippen molar-refractivity contribution in [2.45, 2.75) is 25.8 Å². The highest BCUT2D eigenvalue weighted by Gasteiger charge is 2.36. The average Bonchev–Trinajstić information content (AvgIpc) is 2.84. The summed E-state index contributed by atoms with van der Waals surface area (Å²) >= 11 is 3.49. The Labute approximate surface area is 122 Å². The van der Waals surface area contributed by atoms with Gasteiger partial charge in [-0.2, -0.15) is 0 Å². The molecule has 0 bridgehead atoms. The van der Waals surface area contributed by atoms with Gasteiger partial charge in [0.25, 0.3) is 5.91 Å². The molecule has 3 rings (SSSR count). The number of nitrogens with one attached hydrogen (secondary N) is 1. The minimum atomic E-state index is 0.159. The van der Waals surface area contributed by atoms with E-state index in [2.05, 4.69) is 21.2 Å². The Kier molecular flexibility index (Phi) is 3.63. The van der Waals surface area contributed by atoms with Crippen molar-refractivity contribution in [3.8, 4) is 0 Å². The van der Waals surface area contributed by atoms with Gasteiger partial charge in [-0.1, -0.05) is 11.6 Å². The maximum Gasteiger partial charge on any atom is 0.255 e. The first-order valence-electron chi connectivity index (χ1n) is 6.94. The average molecular weight is 323 g/mol. The van der Waals surface area contributed by atoms with Crippen molar-refractivity contribution in [1.29, 1.82) is 0 Å². The van der Waals surface area contributed by atoms with Gasteiger partial charge in [0, 0.05) is 23.6 Å². The number of amides is 1. The number of aryl methyl sites for hydroxylation is 1. The first kappa shape index (κ1) is 13.1. The minimum Gasteiger partial charge on any atom is -0.337 e. The SMILES string of the molecule is Cc1ccc(Br)c(C(=O)N2CC3CCCNC3C2)c1. The lowest BCUT2D eigenvalue weighted by atomic mass is 9.94. The molecule has 1 amide bonds. The summed E-state index contributed by atoms with van der Waals surface area (Å²) in [6, 6.07) is 6.46. The fourth-order valence-electron chi connectivity index (χ4n) is 3.19. The zero-order chi connectivity index (χ0) is 13.4. The smallest absolute Gasteiger partial charge is 0.255 e. The summed E-state index contributed by atoms with van der Waals surface area (Å²) in [6.45, 7) is 4.87. The number of carbonyl (C=O) groups is 1. The van der Waals surface area contributed by atoms with E-state index < -0.39 is 0 Å². The summed E-state index contributed by atoms with van der Waals surface area (Å²) < 4.78 is 0.894. The molecule has 2 fully saturated rings. The third-order valence-corrected chi connectivity index (χ3v) is 4.93. The van der Waals surface area contributed by atoms with E-state index >= 15 is 0 Å². The number of rotatable bonds is 1. The van der Waals surface area contributed by atoms with E-state index in [1.54, 1.807) is 0 Å². The van der Waals surface area contributed by atoms with Gasteiger partial charge < -0.3 is 10.2 Å². The third-order valence-electron chi connectivity index (χ3n) is 4.24. The largest absolute Gasteiger partial charge is 0.337 e. The van der Waals surface area contributed by atoms with Gasteiger partial charge in [-0.15, -0.1) is 0 Å². The van der Waals surface area contributed by atoms with E-state index in [4.69, 9.17) is 0 Å². The Hall–Kier alpha value is -0.870. The van der Waals surface area contributed by atoms with Crippen molar-refractivity contribution in [1.82, 2.24) is 10.2 Å². The monoisotopic (exact) mass is 322 g/mol. The fraction of sp³-hybridized carbons (Fsp3) is 0.533. The van der Waals surface area contributed by atoms with Gasteiger partial charge in [0.05, 0.1) is 5.56 Å². The van der Waals surface area contributed by atoms with Gasteiger partial charge in [0.15, 0.2) is 0 Å². The van der Waals surface area contributed by atoms with E-state index in [0.717, 1.165) is 35.2 Å². The number of halogens is 1. The van der Waals surface area contributed by atoms with Crippen LogP contribution in [0.4, 0.5) is 0 Å². The van der Waals surface area contributed by atoms with E-state index in [1.807, 2.05) is 30.0 Å². The van der Waals surface area contributed by atoms with Crippen LogP contribution < -0.4 is 5.32 Å². The number of carbonyl (C=O) groups excluding carboxylic acids is 1. The van der Waals surface area contributed by atoms with Crippen LogP contribution in [0.25, 0.3) is 0 Å². The number of hydrogen-bond acceptors (Lipinski definition) is 2. The van der Waals surface area contributed by atoms with E-state index in [1.165, 1.54) is 12.8 Å². The predicted octanol–water partition coefficient (Wildman–Crippen LogP) is 2.58. The van der Waals surface area contributed by atoms with Crippen LogP contribution in [-0.4, -0.2) is 36.5 Å². The van der Waals surface area contributed by atoms with Crippen LogP contribution in [0.3, 0.4) is 0 Å². The first-order chi connectivity index (χ1) is 9.15. The van der Waals surface area contributed by atoms with E-state index in [9.17, 15) is 4.79 Å². The van der Waals surface area contributed by atoms with Crippen LogP contribution in [0.2, 0.25) is 0 Å². The maximum atomic E-state index is 12.6. The van der Waals surface area contributed by atoms with Gasteiger partial charge in [-0.3, -0.25) is 4.79 Å². The highest BCUT2D eigenvalue weighted by Crippen LogP contribution is 2.28. The van der Waals surface area contributed by atoms with Crippen LogP contribution in [-0.2, 0) is 0 Å². The fourth-order valence-corrected chi connectivity index (χ4v) is 3.60. The molecule has 0 saturated carbocycles. The molecular formula is C15H19BrN2O. The second-order valence-electron chi connectivity index (χ2n) is 5.66. The Balaban J connectivity index is 1.79. The molecule has 1 N–H and O–H groups in total. The zero-order valence-corrected chi connectivity index (χ0v) is 12.7. The van der Waals surface area contributed by atoms with Gasteiger partial charge >= 0.3 is 0 Å². The Bertz CT molecular complexity index is 489. The summed E-state index contributed by atoms with van der Waals surface area (Å²) in [5.74, 6) is 0.799. The molecule has 2 saturated heterocycles. The molecule has 1 aromatic rings. The molecule has 0 spiro atoms. The molecular weight excluding hydrogens is 304 g/mol. The topological polar surface area (TPSA) is 32.3 Å². The molecule has 2 aliphatic heterocycles. The number of piperidine rings is 1. The molecule has 2 heterocycles. The van der Waals surface area contributed by atoms with Crippen LogP contribution in [0, 0.1) is 12.8 Å². The van der Waals surface area contributed by atoms with Crippen LogP contribution in [0.15, 0.2) is 22.7 Å². The van der Waals surface area contributed by atoms with Crippen molar-refractivity contribution in [2.75, 3.05) is 19.6 Å². The molecule has 2 atom stereocenters. The quantitative estimate of drug-likeness (QED) is 0.862. The van der Waals surface area contributed by atoms with Gasteiger partial charge in [0.1, 0.15) is 0 Å². The van der Waals surface area contributed by atoms with Gasteiger partial charge in [-0.25, -0.2) is 0 Å². The van der Waals surface area contributed by atoms with Crippen molar-refractivity contribution >= 4 is 21.8 Å². The Morgan fingerprint density at radius 3 is 3.05 bits per heavy atom. The summed E-state index contributed by atoms with van der Waals surface area (Å²) in [5.41, 5.74) is 1.92. The Morgan fingerprint density at radius 1 is 1.42 bits per heavy atom. The number of fused-ring (bicyclic) bond motifs is 1. The van der Waals surface area contributed by atoms with Gasteiger partial charge in [0.2, 0.25) is 0 Å². The van der Waals surface area contributed by atoms with Crippen LogP contribution >= 0.6 is 15.9 Å². The van der Waals surface area contributed by atoms with Gasteiger partial charge in [-0.05, 0) is 60.3 Å². The summed E-state index contributed by atoms with van der Waals surface area (Å²) in [6.07, 6.45) is 2.48. The maximum absolute atomic E-state index is 12.6. The second kappa shape index (κ2) is 5.25. The molecule has 3 nitrogen and oxygen atoms in total. The molecule has 0 aromatic heterocycles. The number of hydrogen-bond donors (Lipinski definition) is 1. The summed E-state index contributed by atoms with van der Waals surface area (Å²) in [5, 5.41) is 3.54. The van der Waals surface area contributed by atoms with E-state index in [-0.39, 0.29) is 5.91 Å². The summed E-state index contributed by atoms with van der Waals surface area (Å²) in [4.78, 5) is 14.6. The normalized spacial score (nSPS) is 26.3. The standard InChI is InChI=1S/C15H19BrN2O/c1-10-4-5-13(16)12(7-10)15(19)18-8-11-3-2-6-17-14(11)9-18/h4-5,7,11,14,17H,2-3,6,8-9H2,1H3.